The van der Waals surface area contributed by atoms with Gasteiger partial charge in [0.2, 0.25) is 5.91 Å². The van der Waals surface area contributed by atoms with Crippen LogP contribution in [-0.4, -0.2) is 48.2 Å². The Labute approximate surface area is 123 Å². The number of likely N-dealkylation sites (N-methyl/N-ethyl adjacent to an activating group) is 1. The predicted octanol–water partition coefficient (Wildman–Crippen LogP) is 1.32. The van der Waals surface area contributed by atoms with Gasteiger partial charge in [-0.25, -0.2) is 0 Å². The number of carboxylic acid groups (broad SMARTS) is 1. The van der Waals surface area contributed by atoms with Crippen LogP contribution in [0.1, 0.15) is 18.9 Å². The summed E-state index contributed by atoms with van der Waals surface area (Å²) < 4.78 is 10.9. The van der Waals surface area contributed by atoms with Crippen molar-refractivity contribution in [3.05, 3.63) is 23.8 Å². The molecule has 1 aliphatic heterocycles. The van der Waals surface area contributed by atoms with Gasteiger partial charge in [-0.1, -0.05) is 6.07 Å². The van der Waals surface area contributed by atoms with Gasteiger partial charge < -0.3 is 19.5 Å². The Kier molecular flexibility index (Phi) is 5.03. The summed E-state index contributed by atoms with van der Waals surface area (Å²) in [5.74, 6) is 0.354. The maximum atomic E-state index is 12.2. The predicted molar refractivity (Wildman–Crippen MR) is 75.6 cm³/mol. The van der Waals surface area contributed by atoms with Crippen LogP contribution in [0.15, 0.2) is 18.2 Å². The average Bonchev–Trinajstić information content (AvgIpc) is 2.47. The van der Waals surface area contributed by atoms with E-state index in [0.29, 0.717) is 31.3 Å². The minimum Gasteiger partial charge on any atom is -0.486 e. The van der Waals surface area contributed by atoms with E-state index in [4.69, 9.17) is 14.6 Å². The SMILES string of the molecule is CCN(CCC(=O)O)C(=O)Cc1ccc2c(c1)OCCO2. The molecule has 0 bridgehead atoms. The Hall–Kier alpha value is -2.24. The normalized spacial score (nSPS) is 12.8. The Morgan fingerprint density at radius 1 is 1.24 bits per heavy atom. The number of carboxylic acids is 1. The summed E-state index contributed by atoms with van der Waals surface area (Å²) in [6.07, 6.45) is 0.185. The van der Waals surface area contributed by atoms with Crippen molar-refractivity contribution < 1.29 is 24.2 Å². The molecule has 1 heterocycles. The van der Waals surface area contributed by atoms with Crippen LogP contribution >= 0.6 is 0 Å². The van der Waals surface area contributed by atoms with Crippen LogP contribution in [0, 0.1) is 0 Å². The average molecular weight is 293 g/mol. The van der Waals surface area contributed by atoms with Crippen LogP contribution in [0.2, 0.25) is 0 Å². The van der Waals surface area contributed by atoms with Gasteiger partial charge in [-0.15, -0.1) is 0 Å². The van der Waals surface area contributed by atoms with Crippen LogP contribution in [0.5, 0.6) is 11.5 Å². The van der Waals surface area contributed by atoms with Gasteiger partial charge in [0.15, 0.2) is 11.5 Å². The first-order valence-corrected chi connectivity index (χ1v) is 6.98. The number of aliphatic carboxylic acids is 1. The maximum absolute atomic E-state index is 12.2. The van der Waals surface area contributed by atoms with Crippen molar-refractivity contribution in [3.8, 4) is 11.5 Å². The quantitative estimate of drug-likeness (QED) is 0.856. The lowest BCUT2D eigenvalue weighted by atomic mass is 10.1. The second kappa shape index (κ2) is 6.97. The number of amides is 1. The largest absolute Gasteiger partial charge is 0.486 e. The number of ether oxygens (including phenoxy) is 2. The Morgan fingerprint density at radius 3 is 2.62 bits per heavy atom. The topological polar surface area (TPSA) is 76.1 Å². The molecule has 0 saturated carbocycles. The fraction of sp³-hybridized carbons (Fsp3) is 0.467. The minimum atomic E-state index is -0.902. The molecule has 1 aliphatic rings. The molecule has 0 atom stereocenters. The molecule has 21 heavy (non-hydrogen) atoms. The minimum absolute atomic E-state index is 0.0410. The summed E-state index contributed by atoms with van der Waals surface area (Å²) in [5.41, 5.74) is 0.832. The fourth-order valence-corrected chi connectivity index (χ4v) is 2.17. The van der Waals surface area contributed by atoms with E-state index in [2.05, 4.69) is 0 Å². The molecule has 0 unspecified atom stereocenters. The van der Waals surface area contributed by atoms with Crippen molar-refractivity contribution in [3.63, 3.8) is 0 Å². The first-order valence-electron chi connectivity index (χ1n) is 6.98. The number of benzene rings is 1. The molecule has 1 amide bonds. The lowest BCUT2D eigenvalue weighted by Crippen LogP contribution is -2.34. The van der Waals surface area contributed by atoms with Gasteiger partial charge in [0.05, 0.1) is 12.8 Å². The summed E-state index contributed by atoms with van der Waals surface area (Å²) in [6, 6.07) is 5.43. The molecule has 0 saturated heterocycles. The van der Waals surface area contributed by atoms with Crippen molar-refractivity contribution in [1.82, 2.24) is 4.90 Å². The van der Waals surface area contributed by atoms with Gasteiger partial charge >= 0.3 is 5.97 Å². The molecular weight excluding hydrogens is 274 g/mol. The number of hydrogen-bond acceptors (Lipinski definition) is 4. The van der Waals surface area contributed by atoms with E-state index in [1.165, 1.54) is 0 Å². The Bertz CT molecular complexity index is 529. The lowest BCUT2D eigenvalue weighted by molar-refractivity contribution is -0.138. The third-order valence-electron chi connectivity index (χ3n) is 3.29. The van der Waals surface area contributed by atoms with E-state index in [1.54, 1.807) is 17.0 Å². The van der Waals surface area contributed by atoms with Crippen LogP contribution in [0.25, 0.3) is 0 Å². The third-order valence-corrected chi connectivity index (χ3v) is 3.29. The second-order valence-corrected chi connectivity index (χ2v) is 4.77. The number of hydrogen-bond donors (Lipinski definition) is 1. The monoisotopic (exact) mass is 293 g/mol. The summed E-state index contributed by atoms with van der Waals surface area (Å²) in [6.45, 7) is 3.60. The smallest absolute Gasteiger partial charge is 0.305 e. The maximum Gasteiger partial charge on any atom is 0.305 e. The van der Waals surface area contributed by atoms with Gasteiger partial charge in [0.25, 0.3) is 0 Å². The molecule has 0 fully saturated rings. The molecule has 1 aromatic carbocycles. The van der Waals surface area contributed by atoms with E-state index in [-0.39, 0.29) is 25.3 Å². The van der Waals surface area contributed by atoms with Gasteiger partial charge in [0, 0.05) is 13.1 Å². The molecule has 0 aromatic heterocycles. The molecule has 6 nitrogen and oxygen atoms in total. The lowest BCUT2D eigenvalue weighted by Gasteiger charge is -2.21. The Morgan fingerprint density at radius 2 is 1.95 bits per heavy atom. The summed E-state index contributed by atoms with van der Waals surface area (Å²) in [4.78, 5) is 24.3. The zero-order valence-electron chi connectivity index (χ0n) is 12.0. The van der Waals surface area contributed by atoms with Crippen LogP contribution < -0.4 is 9.47 Å². The summed E-state index contributed by atoms with van der Waals surface area (Å²) in [5, 5.41) is 8.69. The second-order valence-electron chi connectivity index (χ2n) is 4.77. The molecule has 1 N–H and O–H groups in total. The van der Waals surface area contributed by atoms with Gasteiger partial charge in [-0.05, 0) is 24.6 Å². The molecular formula is C15H19NO5. The van der Waals surface area contributed by atoms with Crippen molar-refractivity contribution in [2.45, 2.75) is 19.8 Å². The van der Waals surface area contributed by atoms with Crippen molar-refractivity contribution in [1.29, 1.82) is 0 Å². The molecule has 0 aliphatic carbocycles. The molecule has 1 aromatic rings. The van der Waals surface area contributed by atoms with Gasteiger partial charge in [-0.3, -0.25) is 9.59 Å². The number of carbonyl (C=O) groups excluding carboxylic acids is 1. The van der Waals surface area contributed by atoms with Crippen molar-refractivity contribution in [2.75, 3.05) is 26.3 Å². The van der Waals surface area contributed by atoms with Crippen LogP contribution in [-0.2, 0) is 16.0 Å². The van der Waals surface area contributed by atoms with E-state index in [9.17, 15) is 9.59 Å². The first-order chi connectivity index (χ1) is 10.1. The molecule has 6 heteroatoms. The van der Waals surface area contributed by atoms with Crippen molar-refractivity contribution >= 4 is 11.9 Å². The molecule has 2 rings (SSSR count). The van der Waals surface area contributed by atoms with E-state index in [0.717, 1.165) is 5.56 Å². The van der Waals surface area contributed by atoms with E-state index in [1.807, 2.05) is 13.0 Å². The highest BCUT2D eigenvalue weighted by molar-refractivity contribution is 5.79. The summed E-state index contributed by atoms with van der Waals surface area (Å²) >= 11 is 0. The molecule has 0 spiro atoms. The van der Waals surface area contributed by atoms with E-state index >= 15 is 0 Å². The highest BCUT2D eigenvalue weighted by Crippen LogP contribution is 2.30. The molecule has 0 radical (unpaired) electrons. The number of fused-ring (bicyclic) bond motifs is 1. The number of rotatable bonds is 6. The van der Waals surface area contributed by atoms with Crippen molar-refractivity contribution in [2.24, 2.45) is 0 Å². The number of nitrogens with zero attached hydrogens (tertiary/aromatic N) is 1. The standard InChI is InChI=1S/C15H19NO5/c1-2-16(6-5-15(18)19)14(17)10-11-3-4-12-13(9-11)21-8-7-20-12/h3-4,9H,2,5-8,10H2,1H3,(H,18,19). The zero-order valence-corrected chi connectivity index (χ0v) is 12.0. The highest BCUT2D eigenvalue weighted by Gasteiger charge is 2.16. The highest BCUT2D eigenvalue weighted by atomic mass is 16.6. The number of carbonyl (C=O) groups is 2. The van der Waals surface area contributed by atoms with Crippen LogP contribution in [0.3, 0.4) is 0 Å². The molecule has 114 valence electrons. The Balaban J connectivity index is 1.99. The van der Waals surface area contributed by atoms with Gasteiger partial charge in [-0.2, -0.15) is 0 Å². The first kappa shape index (κ1) is 15.2. The van der Waals surface area contributed by atoms with Gasteiger partial charge in [0.1, 0.15) is 13.2 Å². The third kappa shape index (κ3) is 4.11. The summed E-state index contributed by atoms with van der Waals surface area (Å²) in [7, 11) is 0. The van der Waals surface area contributed by atoms with E-state index < -0.39 is 5.97 Å². The zero-order chi connectivity index (χ0) is 15.2. The van der Waals surface area contributed by atoms with Crippen LogP contribution in [0.4, 0.5) is 0 Å². The fourth-order valence-electron chi connectivity index (χ4n) is 2.17.